The van der Waals surface area contributed by atoms with E-state index >= 15 is 0 Å². The lowest BCUT2D eigenvalue weighted by Crippen LogP contribution is -1.87. The van der Waals surface area contributed by atoms with E-state index in [2.05, 4.69) is 9.97 Å². The van der Waals surface area contributed by atoms with Gasteiger partial charge in [0.25, 0.3) is 0 Å². The molecule has 0 saturated carbocycles. The molecular formula is C9H7ClN2. The minimum absolute atomic E-state index is 0.434. The Kier molecular flexibility index (Phi) is 1.92. The highest BCUT2D eigenvalue weighted by molar-refractivity contribution is 6.17. The summed E-state index contributed by atoms with van der Waals surface area (Å²) in [7, 11) is 0. The van der Waals surface area contributed by atoms with E-state index in [1.807, 2.05) is 18.2 Å². The summed E-state index contributed by atoms with van der Waals surface area (Å²) in [6.07, 6.45) is 3.49. The second-order valence-electron chi connectivity index (χ2n) is 2.46. The van der Waals surface area contributed by atoms with Gasteiger partial charge in [-0.15, -0.1) is 11.6 Å². The Morgan fingerprint density at radius 1 is 1.17 bits per heavy atom. The van der Waals surface area contributed by atoms with Crippen LogP contribution in [0.2, 0.25) is 0 Å². The van der Waals surface area contributed by atoms with Crippen molar-refractivity contribution < 1.29 is 0 Å². The molecule has 0 saturated heterocycles. The maximum Gasteiger partial charge on any atom is 0.0736 e. The van der Waals surface area contributed by atoms with Crippen LogP contribution in [0, 0.1) is 0 Å². The average molecular weight is 179 g/mol. The van der Waals surface area contributed by atoms with Crippen LogP contribution in [0.1, 0.15) is 5.69 Å². The zero-order valence-electron chi connectivity index (χ0n) is 6.37. The molecule has 0 N–H and O–H groups in total. The molecule has 2 aromatic rings. The van der Waals surface area contributed by atoms with Crippen LogP contribution < -0.4 is 0 Å². The third-order valence-corrected chi connectivity index (χ3v) is 1.99. The van der Waals surface area contributed by atoms with E-state index in [-0.39, 0.29) is 0 Å². The Labute approximate surface area is 75.2 Å². The van der Waals surface area contributed by atoms with Crippen molar-refractivity contribution in [2.24, 2.45) is 0 Å². The van der Waals surface area contributed by atoms with Crippen LogP contribution in [-0.4, -0.2) is 9.97 Å². The standard InChI is InChI=1S/C9H7ClN2/c10-6-9-7-2-1-4-11-8(7)3-5-12-9/h1-5H,6H2. The second-order valence-corrected chi connectivity index (χ2v) is 2.73. The first-order chi connectivity index (χ1) is 5.92. The Bertz CT molecular complexity index is 395. The van der Waals surface area contributed by atoms with Crippen LogP contribution >= 0.6 is 11.6 Å². The van der Waals surface area contributed by atoms with Crippen molar-refractivity contribution in [2.75, 3.05) is 0 Å². The lowest BCUT2D eigenvalue weighted by molar-refractivity contribution is 1.19. The topological polar surface area (TPSA) is 25.8 Å². The first-order valence-electron chi connectivity index (χ1n) is 3.66. The fourth-order valence-corrected chi connectivity index (χ4v) is 1.38. The molecule has 12 heavy (non-hydrogen) atoms. The van der Waals surface area contributed by atoms with E-state index in [9.17, 15) is 0 Å². The highest BCUT2D eigenvalue weighted by Crippen LogP contribution is 2.14. The van der Waals surface area contributed by atoms with Crippen molar-refractivity contribution in [3.8, 4) is 0 Å². The highest BCUT2D eigenvalue weighted by atomic mass is 35.5. The van der Waals surface area contributed by atoms with Crippen molar-refractivity contribution in [1.29, 1.82) is 0 Å². The molecule has 0 fully saturated rings. The SMILES string of the molecule is ClCc1nccc2ncccc12. The Morgan fingerprint density at radius 2 is 2.08 bits per heavy atom. The van der Waals surface area contributed by atoms with Gasteiger partial charge in [-0.3, -0.25) is 9.97 Å². The summed E-state index contributed by atoms with van der Waals surface area (Å²) < 4.78 is 0. The van der Waals surface area contributed by atoms with Crippen molar-refractivity contribution in [1.82, 2.24) is 9.97 Å². The van der Waals surface area contributed by atoms with Gasteiger partial charge in [-0.05, 0) is 18.2 Å². The summed E-state index contributed by atoms with van der Waals surface area (Å²) >= 11 is 5.72. The fraction of sp³-hybridized carbons (Fsp3) is 0.111. The van der Waals surface area contributed by atoms with Crippen molar-refractivity contribution in [2.45, 2.75) is 5.88 Å². The summed E-state index contributed by atoms with van der Waals surface area (Å²) in [5.41, 5.74) is 1.84. The number of nitrogens with zero attached hydrogens (tertiary/aromatic N) is 2. The van der Waals surface area contributed by atoms with Crippen LogP contribution in [0.5, 0.6) is 0 Å². The van der Waals surface area contributed by atoms with Gasteiger partial charge >= 0.3 is 0 Å². The molecular weight excluding hydrogens is 172 g/mol. The summed E-state index contributed by atoms with van der Waals surface area (Å²) in [6.45, 7) is 0. The summed E-state index contributed by atoms with van der Waals surface area (Å²) in [6, 6.07) is 5.75. The Balaban J connectivity index is 2.79. The molecule has 0 aliphatic carbocycles. The van der Waals surface area contributed by atoms with E-state index in [1.165, 1.54) is 0 Å². The van der Waals surface area contributed by atoms with Crippen LogP contribution in [0.15, 0.2) is 30.6 Å². The molecule has 0 unspecified atom stereocenters. The third kappa shape index (κ3) is 1.14. The van der Waals surface area contributed by atoms with Crippen LogP contribution in [0.25, 0.3) is 10.9 Å². The smallest absolute Gasteiger partial charge is 0.0736 e. The lowest BCUT2D eigenvalue weighted by Gasteiger charge is -1.99. The molecule has 3 heteroatoms. The normalized spacial score (nSPS) is 10.4. The number of rotatable bonds is 1. The largest absolute Gasteiger partial charge is 0.259 e. The fourth-order valence-electron chi connectivity index (χ4n) is 1.17. The number of fused-ring (bicyclic) bond motifs is 1. The van der Waals surface area contributed by atoms with Gasteiger partial charge in [0, 0.05) is 17.8 Å². The minimum Gasteiger partial charge on any atom is -0.259 e. The second kappa shape index (κ2) is 3.07. The molecule has 0 spiro atoms. The van der Waals surface area contributed by atoms with Gasteiger partial charge < -0.3 is 0 Å². The van der Waals surface area contributed by atoms with Gasteiger partial charge in [0.2, 0.25) is 0 Å². The van der Waals surface area contributed by atoms with Crippen molar-refractivity contribution >= 4 is 22.5 Å². The number of hydrogen-bond acceptors (Lipinski definition) is 2. The van der Waals surface area contributed by atoms with Crippen LogP contribution in [0.4, 0.5) is 0 Å². The maximum absolute atomic E-state index is 5.72. The van der Waals surface area contributed by atoms with Gasteiger partial charge in [-0.1, -0.05) is 0 Å². The highest BCUT2D eigenvalue weighted by Gasteiger charge is 1.99. The van der Waals surface area contributed by atoms with Crippen molar-refractivity contribution in [3.63, 3.8) is 0 Å². The van der Waals surface area contributed by atoms with E-state index in [4.69, 9.17) is 11.6 Å². The van der Waals surface area contributed by atoms with Crippen LogP contribution in [0.3, 0.4) is 0 Å². The maximum atomic E-state index is 5.72. The first kappa shape index (κ1) is 7.50. The van der Waals surface area contributed by atoms with Crippen molar-refractivity contribution in [3.05, 3.63) is 36.3 Å². The number of hydrogen-bond donors (Lipinski definition) is 0. The monoisotopic (exact) mass is 178 g/mol. The predicted octanol–water partition coefficient (Wildman–Crippen LogP) is 2.37. The minimum atomic E-state index is 0.434. The third-order valence-electron chi connectivity index (χ3n) is 1.74. The molecule has 2 aromatic heterocycles. The summed E-state index contributed by atoms with van der Waals surface area (Å²) in [5.74, 6) is 0.434. The number of aromatic nitrogens is 2. The molecule has 0 amide bonds. The molecule has 0 aliphatic rings. The molecule has 0 bridgehead atoms. The molecule has 0 aliphatic heterocycles. The molecule has 0 aromatic carbocycles. The molecule has 2 heterocycles. The van der Waals surface area contributed by atoms with Gasteiger partial charge in [-0.2, -0.15) is 0 Å². The first-order valence-corrected chi connectivity index (χ1v) is 4.20. The van der Waals surface area contributed by atoms with Gasteiger partial charge in [0.15, 0.2) is 0 Å². The van der Waals surface area contributed by atoms with Crippen LogP contribution in [-0.2, 0) is 5.88 Å². The van der Waals surface area contributed by atoms with E-state index in [0.29, 0.717) is 5.88 Å². The van der Waals surface area contributed by atoms with E-state index in [0.717, 1.165) is 16.6 Å². The lowest BCUT2D eigenvalue weighted by atomic mass is 10.2. The molecule has 2 nitrogen and oxygen atoms in total. The average Bonchev–Trinajstić information content (AvgIpc) is 2.17. The molecule has 60 valence electrons. The summed E-state index contributed by atoms with van der Waals surface area (Å²) in [4.78, 5) is 8.34. The number of halogens is 1. The zero-order chi connectivity index (χ0) is 8.39. The van der Waals surface area contributed by atoms with Gasteiger partial charge in [0.1, 0.15) is 0 Å². The van der Waals surface area contributed by atoms with Gasteiger partial charge in [-0.25, -0.2) is 0 Å². The van der Waals surface area contributed by atoms with E-state index in [1.54, 1.807) is 12.4 Å². The number of alkyl halides is 1. The molecule has 0 atom stereocenters. The Hall–Kier alpha value is -1.15. The Morgan fingerprint density at radius 3 is 2.92 bits per heavy atom. The molecule has 0 radical (unpaired) electrons. The van der Waals surface area contributed by atoms with E-state index < -0.39 is 0 Å². The number of pyridine rings is 2. The van der Waals surface area contributed by atoms with Gasteiger partial charge in [0.05, 0.1) is 17.1 Å². The zero-order valence-corrected chi connectivity index (χ0v) is 7.12. The summed E-state index contributed by atoms with van der Waals surface area (Å²) in [5, 5.41) is 1.04. The molecule has 2 rings (SSSR count). The predicted molar refractivity (Wildman–Crippen MR) is 49.1 cm³/mol. The quantitative estimate of drug-likeness (QED) is 0.627.